The van der Waals surface area contributed by atoms with Gasteiger partial charge in [0.2, 0.25) is 0 Å². The molecule has 0 amide bonds. The average Bonchev–Trinajstić information content (AvgIpc) is 2.47. The summed E-state index contributed by atoms with van der Waals surface area (Å²) < 4.78 is 0. The minimum Gasteiger partial charge on any atom is -0.368 e. The number of piperazine rings is 1. The van der Waals surface area contributed by atoms with Crippen LogP contribution in [-0.4, -0.2) is 35.9 Å². The number of pyridine rings is 1. The summed E-state index contributed by atoms with van der Waals surface area (Å²) in [6.07, 6.45) is 8.39. The lowest BCUT2D eigenvalue weighted by Crippen LogP contribution is -2.54. The summed E-state index contributed by atoms with van der Waals surface area (Å²) >= 11 is 0. The number of nitrogens with one attached hydrogen (secondary N) is 1. The van der Waals surface area contributed by atoms with Crippen LogP contribution in [0.25, 0.3) is 6.08 Å². The summed E-state index contributed by atoms with van der Waals surface area (Å²) in [7, 11) is 0. The molecule has 0 bridgehead atoms. The highest BCUT2D eigenvalue weighted by molar-refractivity contribution is 5.78. The van der Waals surface area contributed by atoms with Crippen molar-refractivity contribution in [3.63, 3.8) is 0 Å². The highest BCUT2D eigenvalue weighted by Crippen LogP contribution is 2.27. The molecule has 0 unspecified atom stereocenters. The van der Waals surface area contributed by atoms with E-state index in [0.29, 0.717) is 18.5 Å². The van der Waals surface area contributed by atoms with Crippen molar-refractivity contribution in [2.75, 3.05) is 18.0 Å². The third-order valence-corrected chi connectivity index (χ3v) is 4.14. The number of hydrogen-bond donors (Lipinski definition) is 1. The Morgan fingerprint density at radius 1 is 1.42 bits per heavy atom. The first kappa shape index (κ1) is 20.3. The largest absolute Gasteiger partial charge is 0.368 e. The molecule has 0 aromatic carbocycles. The Balaban J connectivity index is 0.00000288. The van der Waals surface area contributed by atoms with Gasteiger partial charge in [-0.15, -0.1) is 0 Å². The van der Waals surface area contributed by atoms with Gasteiger partial charge in [0.1, 0.15) is 5.78 Å². The number of Topliss-reactive ketones (excluding diaryl/α,β-unsaturated/α-hetero) is 1. The molecule has 4 nitrogen and oxygen atoms in total. The van der Waals surface area contributed by atoms with Gasteiger partial charge in [-0.25, -0.2) is 0 Å². The van der Waals surface area contributed by atoms with Crippen molar-refractivity contribution < 1.29 is 10.9 Å². The molecule has 2 rings (SSSR count). The summed E-state index contributed by atoms with van der Waals surface area (Å²) in [4.78, 5) is 18.2. The first-order chi connectivity index (χ1) is 11.0. The van der Waals surface area contributed by atoms with E-state index in [-0.39, 0.29) is 11.9 Å². The normalized spacial score (nSPS) is 20.9. The van der Waals surface area contributed by atoms with Gasteiger partial charge in [-0.3, -0.25) is 14.5 Å². The smallest absolute Gasteiger partial charge is 0.133 e. The standard InChI is InChI=1S/C19H29N3O.FH.H2/c1-5-7-17-18(9-6-8-16(4)23)20-11-10-19(17)22-12-14(2)21-15(3)13-22;;/h6,9-11,14-15,21H,5,7-8,12-13H2,1-4H3;2*1H/b9-6+;;/t14-,15+;;. The fraction of sp³-hybridized carbons (Fsp3) is 0.579. The van der Waals surface area contributed by atoms with Crippen molar-refractivity contribution in [1.29, 1.82) is 0 Å². The van der Waals surface area contributed by atoms with E-state index in [1.54, 1.807) is 6.92 Å². The van der Waals surface area contributed by atoms with Gasteiger partial charge >= 0.3 is 0 Å². The maximum Gasteiger partial charge on any atom is 0.133 e. The van der Waals surface area contributed by atoms with Crippen LogP contribution in [0.1, 0.15) is 53.2 Å². The second kappa shape index (κ2) is 9.52. The van der Waals surface area contributed by atoms with Crippen molar-refractivity contribution in [2.45, 2.75) is 59.0 Å². The monoisotopic (exact) mass is 337 g/mol. The van der Waals surface area contributed by atoms with Gasteiger partial charge in [-0.1, -0.05) is 19.4 Å². The van der Waals surface area contributed by atoms with Gasteiger partial charge in [-0.05, 0) is 39.3 Å². The quantitative estimate of drug-likeness (QED) is 0.861. The average molecular weight is 337 g/mol. The van der Waals surface area contributed by atoms with E-state index in [9.17, 15) is 4.79 Å². The van der Waals surface area contributed by atoms with Crippen molar-refractivity contribution in [3.8, 4) is 0 Å². The Labute approximate surface area is 146 Å². The van der Waals surface area contributed by atoms with Gasteiger partial charge in [0.05, 0.1) is 5.69 Å². The molecule has 1 aliphatic rings. The Bertz CT molecular complexity index is 570. The number of nitrogens with zero attached hydrogens (tertiary/aromatic N) is 2. The summed E-state index contributed by atoms with van der Waals surface area (Å²) in [6.45, 7) is 10.3. The van der Waals surface area contributed by atoms with Crippen LogP contribution < -0.4 is 10.2 Å². The fourth-order valence-corrected chi connectivity index (χ4v) is 3.30. The highest BCUT2D eigenvalue weighted by Gasteiger charge is 2.23. The van der Waals surface area contributed by atoms with Crippen LogP contribution in [0.15, 0.2) is 18.3 Å². The molecule has 0 spiro atoms. The number of carbonyl (C=O) groups excluding carboxylic acids is 1. The fourth-order valence-electron chi connectivity index (χ4n) is 3.30. The molecule has 1 N–H and O–H groups in total. The van der Waals surface area contributed by atoms with E-state index in [4.69, 9.17) is 0 Å². The third-order valence-electron chi connectivity index (χ3n) is 4.14. The summed E-state index contributed by atoms with van der Waals surface area (Å²) in [5.74, 6) is 0.180. The Kier molecular flexibility index (Phi) is 8.05. The van der Waals surface area contributed by atoms with Crippen molar-refractivity contribution in [1.82, 2.24) is 10.3 Å². The molecule has 2 heterocycles. The van der Waals surface area contributed by atoms with Crippen LogP contribution >= 0.6 is 0 Å². The van der Waals surface area contributed by atoms with E-state index in [1.807, 2.05) is 18.3 Å². The Morgan fingerprint density at radius 3 is 2.67 bits per heavy atom. The predicted molar refractivity (Wildman–Crippen MR) is 101 cm³/mol. The molecule has 0 saturated carbocycles. The van der Waals surface area contributed by atoms with Crippen LogP contribution in [-0.2, 0) is 11.2 Å². The number of anilines is 1. The molecule has 1 aliphatic heterocycles. The van der Waals surface area contributed by atoms with Crippen LogP contribution in [0.4, 0.5) is 10.4 Å². The van der Waals surface area contributed by atoms with Crippen LogP contribution in [0.5, 0.6) is 0 Å². The lowest BCUT2D eigenvalue weighted by atomic mass is 10.0. The molecule has 1 fully saturated rings. The maximum atomic E-state index is 11.1. The zero-order valence-corrected chi connectivity index (χ0v) is 15.2. The molecule has 1 aromatic heterocycles. The van der Waals surface area contributed by atoms with Gasteiger partial charge in [0.25, 0.3) is 0 Å². The van der Waals surface area contributed by atoms with Crippen LogP contribution in [0.2, 0.25) is 0 Å². The zero-order chi connectivity index (χ0) is 16.8. The Morgan fingerprint density at radius 2 is 2.08 bits per heavy atom. The molecule has 24 heavy (non-hydrogen) atoms. The van der Waals surface area contributed by atoms with Gasteiger partial charge in [0.15, 0.2) is 0 Å². The van der Waals surface area contributed by atoms with Gasteiger partial charge in [0, 0.05) is 50.5 Å². The molecular weight excluding hydrogens is 305 g/mol. The number of allylic oxidation sites excluding steroid dienone is 1. The van der Waals surface area contributed by atoms with E-state index in [1.165, 1.54) is 11.3 Å². The second-order valence-electron chi connectivity index (χ2n) is 6.63. The molecule has 2 atom stereocenters. The van der Waals surface area contributed by atoms with Gasteiger partial charge < -0.3 is 10.2 Å². The summed E-state index contributed by atoms with van der Waals surface area (Å²) in [5.41, 5.74) is 3.60. The van der Waals surface area contributed by atoms with Crippen molar-refractivity contribution in [3.05, 3.63) is 29.6 Å². The van der Waals surface area contributed by atoms with Crippen LogP contribution in [0.3, 0.4) is 0 Å². The number of aromatic nitrogens is 1. The minimum absolute atomic E-state index is 0. The number of rotatable bonds is 6. The van der Waals surface area contributed by atoms with Crippen LogP contribution in [0, 0.1) is 0 Å². The molecule has 0 aliphatic carbocycles. The van der Waals surface area contributed by atoms with E-state index in [2.05, 4.69) is 42.0 Å². The Hall–Kier alpha value is -1.75. The first-order valence-corrected chi connectivity index (χ1v) is 8.66. The first-order valence-electron chi connectivity index (χ1n) is 8.66. The highest BCUT2D eigenvalue weighted by atomic mass is 19.0. The minimum atomic E-state index is 0. The lowest BCUT2D eigenvalue weighted by molar-refractivity contribution is -0.116. The van der Waals surface area contributed by atoms with Crippen molar-refractivity contribution >= 4 is 17.5 Å². The number of ketones is 1. The molecule has 1 aromatic rings. The molecule has 0 radical (unpaired) electrons. The molecule has 136 valence electrons. The molecule has 1 saturated heterocycles. The van der Waals surface area contributed by atoms with Gasteiger partial charge in [-0.2, -0.15) is 0 Å². The van der Waals surface area contributed by atoms with Crippen molar-refractivity contribution in [2.24, 2.45) is 0 Å². The SMILES string of the molecule is CCCc1c(N2C[C@@H](C)N[C@@H](C)C2)ccnc1/C=C/CC(C)=O.F.[HH]. The summed E-state index contributed by atoms with van der Waals surface area (Å²) in [6, 6.07) is 3.11. The summed E-state index contributed by atoms with van der Waals surface area (Å²) in [5, 5.41) is 3.58. The topological polar surface area (TPSA) is 45.2 Å². The molecular formula is C19H32FN3O. The number of carbonyl (C=O) groups is 1. The predicted octanol–water partition coefficient (Wildman–Crippen LogP) is 3.61. The third kappa shape index (κ3) is 5.41. The molecule has 5 heteroatoms. The van der Waals surface area contributed by atoms with E-state index >= 15 is 0 Å². The maximum absolute atomic E-state index is 11.1. The second-order valence-corrected chi connectivity index (χ2v) is 6.63. The van der Waals surface area contributed by atoms with E-state index in [0.717, 1.165) is 31.6 Å². The number of hydrogen-bond acceptors (Lipinski definition) is 4. The van der Waals surface area contributed by atoms with E-state index < -0.39 is 0 Å². The number of halogens is 1. The lowest BCUT2D eigenvalue weighted by Gasteiger charge is -2.38. The zero-order valence-electron chi connectivity index (χ0n) is 15.2.